The molecule has 1 nitrogen and oxygen atoms in total. The molecule has 1 aromatic carbocycles. The van der Waals surface area contributed by atoms with Crippen LogP contribution >= 0.6 is 0 Å². The van der Waals surface area contributed by atoms with Crippen LogP contribution in [-0.4, -0.2) is 5.78 Å². The molecule has 1 unspecified atom stereocenters. The maximum absolute atomic E-state index is 11.4. The largest absolute Gasteiger partial charge is 0.300 e. The van der Waals surface area contributed by atoms with Crippen molar-refractivity contribution in [1.29, 1.82) is 0 Å². The highest BCUT2D eigenvalue weighted by atomic mass is 16.1. The summed E-state index contributed by atoms with van der Waals surface area (Å²) in [5.41, 5.74) is 4.37. The molecule has 16 heavy (non-hydrogen) atoms. The fraction of sp³-hybridized carbons (Fsp3) is 0.533. The van der Waals surface area contributed by atoms with Crippen molar-refractivity contribution in [2.24, 2.45) is 5.41 Å². The van der Waals surface area contributed by atoms with Gasteiger partial charge in [-0.1, -0.05) is 25.1 Å². The summed E-state index contributed by atoms with van der Waals surface area (Å²) >= 11 is 0. The number of rotatable bonds is 2. The molecule has 0 aliphatic heterocycles. The van der Waals surface area contributed by atoms with Crippen molar-refractivity contribution in [1.82, 2.24) is 0 Å². The Morgan fingerprint density at radius 2 is 1.88 bits per heavy atom. The number of ketones is 1. The molecule has 1 atom stereocenters. The number of carbonyl (C=O) groups excluding carboxylic acids is 1. The van der Waals surface area contributed by atoms with Crippen molar-refractivity contribution >= 4 is 5.78 Å². The second-order valence-electron chi connectivity index (χ2n) is 5.57. The van der Waals surface area contributed by atoms with Gasteiger partial charge in [-0.2, -0.15) is 0 Å². The first-order valence-electron chi connectivity index (χ1n) is 6.07. The molecule has 86 valence electrons. The van der Waals surface area contributed by atoms with Gasteiger partial charge in [-0.15, -0.1) is 0 Å². The summed E-state index contributed by atoms with van der Waals surface area (Å²) in [6.45, 7) is 6.59. The van der Waals surface area contributed by atoms with Gasteiger partial charge in [0.25, 0.3) is 0 Å². The molecule has 1 heteroatoms. The molecule has 0 radical (unpaired) electrons. The van der Waals surface area contributed by atoms with E-state index in [4.69, 9.17) is 0 Å². The van der Waals surface area contributed by atoms with E-state index in [0.29, 0.717) is 5.78 Å². The average molecular weight is 216 g/mol. The summed E-state index contributed by atoms with van der Waals surface area (Å²) < 4.78 is 0. The van der Waals surface area contributed by atoms with Gasteiger partial charge in [-0.25, -0.2) is 0 Å². The van der Waals surface area contributed by atoms with E-state index in [9.17, 15) is 4.79 Å². The molecule has 0 N–H and O–H groups in total. The van der Waals surface area contributed by atoms with Crippen molar-refractivity contribution in [2.75, 3.05) is 0 Å². The number of carbonyl (C=O) groups is 1. The Morgan fingerprint density at radius 1 is 1.25 bits per heavy atom. The van der Waals surface area contributed by atoms with E-state index < -0.39 is 0 Å². The lowest BCUT2D eigenvalue weighted by molar-refractivity contribution is -0.117. The van der Waals surface area contributed by atoms with Crippen molar-refractivity contribution in [3.05, 3.63) is 34.9 Å². The van der Waals surface area contributed by atoms with Crippen LogP contribution in [0.4, 0.5) is 0 Å². The summed E-state index contributed by atoms with van der Waals surface area (Å²) in [5.74, 6) is 0.439. The molecule has 0 saturated heterocycles. The Kier molecular flexibility index (Phi) is 2.88. The third-order valence-electron chi connectivity index (χ3n) is 3.88. The Balaban J connectivity index is 2.24. The van der Waals surface area contributed by atoms with Crippen LogP contribution < -0.4 is 0 Å². The van der Waals surface area contributed by atoms with Crippen molar-refractivity contribution in [3.8, 4) is 0 Å². The number of hydrogen-bond donors (Lipinski definition) is 0. The van der Waals surface area contributed by atoms with E-state index in [2.05, 4.69) is 39.0 Å². The molecule has 0 heterocycles. The average Bonchev–Trinajstić information content (AvgIpc) is 2.53. The summed E-state index contributed by atoms with van der Waals surface area (Å²) in [4.78, 5) is 11.4. The van der Waals surface area contributed by atoms with Crippen LogP contribution in [0.25, 0.3) is 0 Å². The topological polar surface area (TPSA) is 17.1 Å². The van der Waals surface area contributed by atoms with Crippen molar-refractivity contribution < 1.29 is 4.79 Å². The van der Waals surface area contributed by atoms with Crippen molar-refractivity contribution in [2.45, 2.75) is 46.5 Å². The van der Waals surface area contributed by atoms with Gasteiger partial charge < -0.3 is 0 Å². The third kappa shape index (κ3) is 2.18. The Bertz CT molecular complexity index is 399. The lowest BCUT2D eigenvalue weighted by Gasteiger charge is -2.24. The second-order valence-corrected chi connectivity index (χ2v) is 5.57. The summed E-state index contributed by atoms with van der Waals surface area (Å²) in [6, 6.07) is 6.45. The normalized spacial score (nSPS) is 25.1. The Morgan fingerprint density at radius 3 is 2.38 bits per heavy atom. The van der Waals surface area contributed by atoms with Crippen LogP contribution in [0.15, 0.2) is 18.2 Å². The molecule has 0 aromatic heterocycles. The number of hydrogen-bond acceptors (Lipinski definition) is 1. The second kappa shape index (κ2) is 4.04. The molecule has 1 saturated carbocycles. The quantitative estimate of drug-likeness (QED) is 0.738. The zero-order valence-electron chi connectivity index (χ0n) is 10.5. The Labute approximate surface area is 97.9 Å². The van der Waals surface area contributed by atoms with Crippen LogP contribution in [0, 0.1) is 19.3 Å². The summed E-state index contributed by atoms with van der Waals surface area (Å²) in [7, 11) is 0. The molecule has 1 aliphatic carbocycles. The van der Waals surface area contributed by atoms with Gasteiger partial charge in [0, 0.05) is 12.8 Å². The van der Waals surface area contributed by atoms with E-state index in [0.717, 1.165) is 25.7 Å². The van der Waals surface area contributed by atoms with Crippen LogP contribution in [0.5, 0.6) is 0 Å². The fourth-order valence-corrected chi connectivity index (χ4v) is 2.80. The standard InChI is InChI=1S/C15H20O/c1-11-5-4-6-12(2)14(11)10-15(3)8-7-13(16)9-15/h4-6H,7-10H2,1-3H3. The molecule has 1 aliphatic rings. The zero-order chi connectivity index (χ0) is 11.8. The number of aryl methyl sites for hydroxylation is 2. The van der Waals surface area contributed by atoms with E-state index >= 15 is 0 Å². The van der Waals surface area contributed by atoms with E-state index in [-0.39, 0.29) is 5.41 Å². The van der Waals surface area contributed by atoms with Crippen LogP contribution in [-0.2, 0) is 11.2 Å². The van der Waals surface area contributed by atoms with E-state index in [1.54, 1.807) is 0 Å². The monoisotopic (exact) mass is 216 g/mol. The molecule has 2 rings (SSSR count). The molecular formula is C15H20O. The molecule has 0 bridgehead atoms. The smallest absolute Gasteiger partial charge is 0.133 e. The maximum Gasteiger partial charge on any atom is 0.133 e. The van der Waals surface area contributed by atoms with Gasteiger partial charge in [0.15, 0.2) is 0 Å². The highest BCUT2D eigenvalue weighted by Crippen LogP contribution is 2.39. The molecule has 0 spiro atoms. The van der Waals surface area contributed by atoms with Gasteiger partial charge in [0.05, 0.1) is 0 Å². The van der Waals surface area contributed by atoms with Crippen LogP contribution in [0.1, 0.15) is 42.9 Å². The molecule has 1 aromatic rings. The minimum Gasteiger partial charge on any atom is -0.300 e. The number of benzene rings is 1. The van der Waals surface area contributed by atoms with E-state index in [1.165, 1.54) is 16.7 Å². The lowest BCUT2D eigenvalue weighted by atomic mass is 9.80. The predicted octanol–water partition coefficient (Wildman–Crippen LogP) is 3.61. The van der Waals surface area contributed by atoms with Gasteiger partial charge in [-0.05, 0) is 48.8 Å². The molecule has 0 amide bonds. The van der Waals surface area contributed by atoms with Crippen molar-refractivity contribution in [3.63, 3.8) is 0 Å². The lowest BCUT2D eigenvalue weighted by Crippen LogP contribution is -2.17. The van der Waals surface area contributed by atoms with Gasteiger partial charge in [0.2, 0.25) is 0 Å². The summed E-state index contributed by atoms with van der Waals surface area (Å²) in [6.07, 6.45) is 3.65. The SMILES string of the molecule is Cc1cccc(C)c1CC1(C)CCC(=O)C1. The first kappa shape index (κ1) is 11.4. The maximum atomic E-state index is 11.4. The number of Topliss-reactive ketones (excluding diaryl/α,β-unsaturated/α-hetero) is 1. The van der Waals surface area contributed by atoms with Gasteiger partial charge in [0.1, 0.15) is 5.78 Å². The molecular weight excluding hydrogens is 196 g/mol. The van der Waals surface area contributed by atoms with Gasteiger partial charge >= 0.3 is 0 Å². The van der Waals surface area contributed by atoms with Crippen LogP contribution in [0.2, 0.25) is 0 Å². The fourth-order valence-electron chi connectivity index (χ4n) is 2.80. The molecule has 1 fully saturated rings. The van der Waals surface area contributed by atoms with Gasteiger partial charge in [-0.3, -0.25) is 4.79 Å². The first-order valence-corrected chi connectivity index (χ1v) is 6.07. The van der Waals surface area contributed by atoms with E-state index in [1.807, 2.05) is 0 Å². The highest BCUT2D eigenvalue weighted by Gasteiger charge is 2.34. The zero-order valence-corrected chi connectivity index (χ0v) is 10.5. The van der Waals surface area contributed by atoms with Crippen LogP contribution in [0.3, 0.4) is 0 Å². The first-order chi connectivity index (χ1) is 7.50. The highest BCUT2D eigenvalue weighted by molar-refractivity contribution is 5.81. The predicted molar refractivity (Wildman–Crippen MR) is 66.6 cm³/mol. The third-order valence-corrected chi connectivity index (χ3v) is 3.88. The summed E-state index contributed by atoms with van der Waals surface area (Å²) in [5, 5.41) is 0. The Hall–Kier alpha value is -1.11. The minimum absolute atomic E-state index is 0.202. The minimum atomic E-state index is 0.202.